The normalized spacial score (nSPS) is 18.4. The number of carbonyl (C=O) groups is 2. The Labute approximate surface area is 130 Å². The third kappa shape index (κ3) is 3.74. The molecule has 0 saturated carbocycles. The maximum absolute atomic E-state index is 12.4. The lowest BCUT2D eigenvalue weighted by Gasteiger charge is -2.33. The lowest BCUT2D eigenvalue weighted by atomic mass is 10.1. The van der Waals surface area contributed by atoms with Gasteiger partial charge in [0.15, 0.2) is 6.04 Å². The van der Waals surface area contributed by atoms with Crippen molar-refractivity contribution >= 4 is 27.8 Å². The number of hydrogen-bond donors (Lipinski definition) is 1. The molecule has 1 fully saturated rings. The van der Waals surface area contributed by atoms with Crippen LogP contribution >= 0.6 is 15.9 Å². The minimum atomic E-state index is -1.05. The highest BCUT2D eigenvalue weighted by Gasteiger charge is 2.32. The number of carbonyl (C=O) groups excluding carboxylic acids is 1. The largest absolute Gasteiger partial charge is 0.496 e. The molecule has 1 aromatic carbocycles. The first kappa shape index (κ1) is 15.8. The second kappa shape index (κ2) is 6.91. The zero-order chi connectivity index (χ0) is 15.4. The van der Waals surface area contributed by atoms with Gasteiger partial charge in [-0.1, -0.05) is 15.9 Å². The molecule has 21 heavy (non-hydrogen) atoms. The van der Waals surface area contributed by atoms with Gasteiger partial charge in [0.05, 0.1) is 26.7 Å². The number of halogens is 1. The van der Waals surface area contributed by atoms with Crippen molar-refractivity contribution in [2.75, 3.05) is 26.9 Å². The average Bonchev–Trinajstić information content (AvgIpc) is 2.47. The van der Waals surface area contributed by atoms with Crippen LogP contribution in [0.15, 0.2) is 22.7 Å². The molecule has 1 atom stereocenters. The molecule has 0 radical (unpaired) electrons. The molecule has 6 nitrogen and oxygen atoms in total. The Balaban J connectivity index is 2.16. The van der Waals surface area contributed by atoms with Crippen LogP contribution in [0.5, 0.6) is 5.75 Å². The molecule has 0 aromatic heterocycles. The number of amides is 1. The number of nitrogens with zero attached hydrogens (tertiary/aromatic N) is 1. The molecular formula is C14H16BrNO5. The van der Waals surface area contributed by atoms with Gasteiger partial charge >= 0.3 is 5.97 Å². The van der Waals surface area contributed by atoms with Gasteiger partial charge in [-0.25, -0.2) is 4.79 Å². The molecule has 7 heteroatoms. The molecule has 1 aliphatic heterocycles. The van der Waals surface area contributed by atoms with Crippen molar-refractivity contribution in [3.8, 4) is 5.75 Å². The SMILES string of the molecule is COc1ccc(Br)cc1CC(=O)N1CCOCC1C(=O)O. The average molecular weight is 358 g/mol. The van der Waals surface area contributed by atoms with E-state index in [0.29, 0.717) is 17.9 Å². The van der Waals surface area contributed by atoms with Crippen LogP contribution in [-0.4, -0.2) is 54.8 Å². The maximum atomic E-state index is 12.4. The second-order valence-corrected chi connectivity index (χ2v) is 5.56. The van der Waals surface area contributed by atoms with E-state index < -0.39 is 12.0 Å². The van der Waals surface area contributed by atoms with Crippen molar-refractivity contribution in [1.29, 1.82) is 0 Å². The lowest BCUT2D eigenvalue weighted by Crippen LogP contribution is -2.53. The fourth-order valence-electron chi connectivity index (χ4n) is 2.26. The van der Waals surface area contributed by atoms with E-state index in [4.69, 9.17) is 14.6 Å². The predicted molar refractivity (Wildman–Crippen MR) is 78.4 cm³/mol. The summed E-state index contributed by atoms with van der Waals surface area (Å²) in [6, 6.07) is 4.46. The van der Waals surface area contributed by atoms with Gasteiger partial charge in [-0.05, 0) is 18.2 Å². The monoisotopic (exact) mass is 357 g/mol. The molecule has 114 valence electrons. The van der Waals surface area contributed by atoms with Crippen LogP contribution in [0.1, 0.15) is 5.56 Å². The minimum Gasteiger partial charge on any atom is -0.496 e. The standard InChI is InChI=1S/C14H16BrNO5/c1-20-12-3-2-10(15)6-9(12)7-13(17)16-4-5-21-8-11(16)14(18)19/h2-3,6,11H,4-5,7-8H2,1H3,(H,18,19). The predicted octanol–water partition coefficient (Wildman–Crippen LogP) is 1.31. The summed E-state index contributed by atoms with van der Waals surface area (Å²) in [4.78, 5) is 24.9. The van der Waals surface area contributed by atoms with Gasteiger partial charge in [-0.15, -0.1) is 0 Å². The van der Waals surface area contributed by atoms with Gasteiger partial charge in [0, 0.05) is 16.6 Å². The number of carboxylic acid groups (broad SMARTS) is 1. The Hall–Kier alpha value is -1.60. The zero-order valence-electron chi connectivity index (χ0n) is 11.5. The van der Waals surface area contributed by atoms with Crippen LogP contribution in [-0.2, 0) is 20.7 Å². The number of benzene rings is 1. The van der Waals surface area contributed by atoms with E-state index in [1.165, 1.54) is 12.0 Å². The van der Waals surface area contributed by atoms with Crippen molar-refractivity contribution in [2.45, 2.75) is 12.5 Å². The number of aliphatic carboxylic acids is 1. The topological polar surface area (TPSA) is 76.1 Å². The fraction of sp³-hybridized carbons (Fsp3) is 0.429. The first-order valence-electron chi connectivity index (χ1n) is 6.45. The van der Waals surface area contributed by atoms with Gasteiger partial charge in [0.25, 0.3) is 0 Å². The van der Waals surface area contributed by atoms with Gasteiger partial charge in [-0.3, -0.25) is 4.79 Å². The van der Waals surface area contributed by atoms with Gasteiger partial charge < -0.3 is 19.5 Å². The van der Waals surface area contributed by atoms with Crippen LogP contribution in [0, 0.1) is 0 Å². The Kier molecular flexibility index (Phi) is 5.19. The van der Waals surface area contributed by atoms with Crippen LogP contribution in [0.2, 0.25) is 0 Å². The van der Waals surface area contributed by atoms with E-state index in [2.05, 4.69) is 15.9 Å². The van der Waals surface area contributed by atoms with E-state index in [-0.39, 0.29) is 25.5 Å². The van der Waals surface area contributed by atoms with Crippen LogP contribution < -0.4 is 4.74 Å². The number of morpholine rings is 1. The molecule has 1 N–H and O–H groups in total. The molecule has 0 spiro atoms. The molecule has 1 saturated heterocycles. The van der Waals surface area contributed by atoms with E-state index in [0.717, 1.165) is 4.47 Å². The summed E-state index contributed by atoms with van der Waals surface area (Å²) in [5, 5.41) is 9.16. The summed E-state index contributed by atoms with van der Waals surface area (Å²) in [5.74, 6) is -0.696. The quantitative estimate of drug-likeness (QED) is 0.879. The van der Waals surface area contributed by atoms with Gasteiger partial charge in [0.1, 0.15) is 5.75 Å². The highest BCUT2D eigenvalue weighted by atomic mass is 79.9. The van der Waals surface area contributed by atoms with E-state index >= 15 is 0 Å². The Bertz CT molecular complexity index is 548. The van der Waals surface area contributed by atoms with E-state index in [1.54, 1.807) is 12.1 Å². The van der Waals surface area contributed by atoms with Crippen molar-refractivity contribution < 1.29 is 24.2 Å². The fourth-order valence-corrected chi connectivity index (χ4v) is 2.67. The Morgan fingerprint density at radius 1 is 1.52 bits per heavy atom. The first-order chi connectivity index (χ1) is 10.0. The molecule has 1 heterocycles. The molecule has 1 amide bonds. The Morgan fingerprint density at radius 2 is 2.29 bits per heavy atom. The molecule has 1 aromatic rings. The summed E-state index contributed by atoms with van der Waals surface area (Å²) in [6.07, 6.45) is 0.0897. The van der Waals surface area contributed by atoms with Crippen LogP contribution in [0.25, 0.3) is 0 Å². The third-order valence-corrected chi connectivity index (χ3v) is 3.81. The molecule has 1 unspecified atom stereocenters. The molecule has 2 rings (SSSR count). The van der Waals surface area contributed by atoms with Crippen LogP contribution in [0.3, 0.4) is 0 Å². The van der Waals surface area contributed by atoms with Crippen molar-refractivity contribution in [2.24, 2.45) is 0 Å². The first-order valence-corrected chi connectivity index (χ1v) is 7.24. The number of rotatable bonds is 4. The highest BCUT2D eigenvalue weighted by Crippen LogP contribution is 2.24. The third-order valence-electron chi connectivity index (χ3n) is 3.32. The van der Waals surface area contributed by atoms with E-state index in [9.17, 15) is 9.59 Å². The molecule has 0 aliphatic carbocycles. The Morgan fingerprint density at radius 3 is 2.95 bits per heavy atom. The maximum Gasteiger partial charge on any atom is 0.328 e. The summed E-state index contributed by atoms with van der Waals surface area (Å²) >= 11 is 3.35. The molecule has 0 bridgehead atoms. The van der Waals surface area contributed by atoms with Gasteiger partial charge in [0.2, 0.25) is 5.91 Å². The zero-order valence-corrected chi connectivity index (χ0v) is 13.1. The lowest BCUT2D eigenvalue weighted by molar-refractivity contribution is -0.158. The van der Waals surface area contributed by atoms with Crippen molar-refractivity contribution in [1.82, 2.24) is 4.90 Å². The summed E-state index contributed by atoms with van der Waals surface area (Å²) in [6.45, 7) is 0.661. The summed E-state index contributed by atoms with van der Waals surface area (Å²) in [5.41, 5.74) is 0.715. The molecular weight excluding hydrogens is 342 g/mol. The number of ether oxygens (including phenoxy) is 2. The highest BCUT2D eigenvalue weighted by molar-refractivity contribution is 9.10. The van der Waals surface area contributed by atoms with Crippen LogP contribution in [0.4, 0.5) is 0 Å². The van der Waals surface area contributed by atoms with E-state index in [1.807, 2.05) is 6.07 Å². The van der Waals surface area contributed by atoms with Crippen molar-refractivity contribution in [3.05, 3.63) is 28.2 Å². The van der Waals surface area contributed by atoms with Gasteiger partial charge in [-0.2, -0.15) is 0 Å². The van der Waals surface area contributed by atoms with Crippen molar-refractivity contribution in [3.63, 3.8) is 0 Å². The number of hydrogen-bond acceptors (Lipinski definition) is 4. The number of methoxy groups -OCH3 is 1. The summed E-state index contributed by atoms with van der Waals surface area (Å²) < 4.78 is 11.2. The molecule has 1 aliphatic rings. The number of carboxylic acids is 1. The second-order valence-electron chi connectivity index (χ2n) is 4.65. The smallest absolute Gasteiger partial charge is 0.328 e. The minimum absolute atomic E-state index is 0.0245. The summed E-state index contributed by atoms with van der Waals surface area (Å²) in [7, 11) is 1.53.